The number of rotatable bonds is 4. The second-order valence-corrected chi connectivity index (χ2v) is 6.38. The lowest BCUT2D eigenvalue weighted by molar-refractivity contribution is 0.0948. The molecule has 1 aliphatic rings. The SMILES string of the molecule is O=C1CCc2c1cccc2C(=O)NCc1noc(-c2cccs2)n1. The lowest BCUT2D eigenvalue weighted by Crippen LogP contribution is -2.24. The minimum Gasteiger partial charge on any atom is -0.345 e. The number of fused-ring (bicyclic) bond motifs is 1. The smallest absolute Gasteiger partial charge is 0.268 e. The van der Waals surface area contributed by atoms with E-state index in [4.69, 9.17) is 4.52 Å². The van der Waals surface area contributed by atoms with Gasteiger partial charge in [-0.3, -0.25) is 9.59 Å². The van der Waals surface area contributed by atoms with Gasteiger partial charge in [0, 0.05) is 17.5 Å². The standard InChI is InChI=1S/C17H13N3O3S/c21-13-7-6-10-11(13)3-1-4-12(10)16(22)18-9-15-19-17(23-20-15)14-5-2-8-24-14/h1-5,8H,6-7,9H2,(H,18,22). The van der Waals surface area contributed by atoms with Crippen LogP contribution in [-0.4, -0.2) is 21.8 Å². The van der Waals surface area contributed by atoms with E-state index in [9.17, 15) is 9.59 Å². The summed E-state index contributed by atoms with van der Waals surface area (Å²) in [6, 6.07) is 9.04. The Morgan fingerprint density at radius 1 is 1.25 bits per heavy atom. The van der Waals surface area contributed by atoms with E-state index in [1.54, 1.807) is 18.2 Å². The maximum absolute atomic E-state index is 12.4. The lowest BCUT2D eigenvalue weighted by Gasteiger charge is -2.07. The molecule has 1 aromatic carbocycles. The summed E-state index contributed by atoms with van der Waals surface area (Å²) in [7, 11) is 0. The Balaban J connectivity index is 1.47. The number of benzene rings is 1. The highest BCUT2D eigenvalue weighted by Gasteiger charge is 2.24. The van der Waals surface area contributed by atoms with Crippen molar-refractivity contribution in [3.8, 4) is 10.8 Å². The Morgan fingerprint density at radius 3 is 3.00 bits per heavy atom. The van der Waals surface area contributed by atoms with Crippen molar-refractivity contribution in [2.45, 2.75) is 19.4 Å². The van der Waals surface area contributed by atoms with Crippen molar-refractivity contribution in [3.05, 3.63) is 58.2 Å². The van der Waals surface area contributed by atoms with Crippen molar-refractivity contribution in [2.24, 2.45) is 0 Å². The molecule has 0 saturated carbocycles. The molecule has 0 bridgehead atoms. The summed E-state index contributed by atoms with van der Waals surface area (Å²) in [6.07, 6.45) is 1.08. The Kier molecular flexibility index (Phi) is 3.70. The molecule has 0 fully saturated rings. The van der Waals surface area contributed by atoms with Crippen LogP contribution >= 0.6 is 11.3 Å². The highest BCUT2D eigenvalue weighted by molar-refractivity contribution is 7.13. The van der Waals surface area contributed by atoms with Crippen LogP contribution in [0.1, 0.15) is 38.5 Å². The van der Waals surface area contributed by atoms with E-state index in [1.165, 1.54) is 11.3 Å². The minimum atomic E-state index is -0.232. The van der Waals surface area contributed by atoms with E-state index >= 15 is 0 Å². The third-order valence-electron chi connectivity index (χ3n) is 3.93. The molecule has 2 aromatic heterocycles. The molecule has 4 rings (SSSR count). The maximum Gasteiger partial charge on any atom is 0.268 e. The average Bonchev–Trinajstić information content (AvgIpc) is 3.33. The fourth-order valence-electron chi connectivity index (χ4n) is 2.78. The molecule has 0 atom stereocenters. The van der Waals surface area contributed by atoms with Gasteiger partial charge in [-0.25, -0.2) is 0 Å². The number of thiophene rings is 1. The highest BCUT2D eigenvalue weighted by atomic mass is 32.1. The quantitative estimate of drug-likeness (QED) is 0.790. The number of ketones is 1. The van der Waals surface area contributed by atoms with Crippen molar-refractivity contribution < 1.29 is 14.1 Å². The van der Waals surface area contributed by atoms with Gasteiger partial charge in [0.05, 0.1) is 11.4 Å². The molecule has 0 aliphatic heterocycles. The van der Waals surface area contributed by atoms with E-state index in [2.05, 4.69) is 15.5 Å². The van der Waals surface area contributed by atoms with Crippen LogP contribution in [0.25, 0.3) is 10.8 Å². The van der Waals surface area contributed by atoms with Crippen LogP contribution in [0.5, 0.6) is 0 Å². The topological polar surface area (TPSA) is 85.1 Å². The molecule has 24 heavy (non-hydrogen) atoms. The van der Waals surface area contributed by atoms with Crippen LogP contribution < -0.4 is 5.32 Å². The number of nitrogens with zero attached hydrogens (tertiary/aromatic N) is 2. The molecule has 120 valence electrons. The monoisotopic (exact) mass is 339 g/mol. The third kappa shape index (κ3) is 2.63. The van der Waals surface area contributed by atoms with Crippen molar-refractivity contribution in [2.75, 3.05) is 0 Å². The molecule has 6 nitrogen and oxygen atoms in total. The predicted octanol–water partition coefficient (Wildman–Crippen LogP) is 2.86. The van der Waals surface area contributed by atoms with Gasteiger partial charge in [-0.2, -0.15) is 4.98 Å². The maximum atomic E-state index is 12.4. The zero-order valence-electron chi connectivity index (χ0n) is 12.6. The zero-order chi connectivity index (χ0) is 16.5. The van der Waals surface area contributed by atoms with E-state index in [1.807, 2.05) is 17.5 Å². The molecular formula is C17H13N3O3S. The van der Waals surface area contributed by atoms with Gasteiger partial charge in [0.15, 0.2) is 11.6 Å². The minimum absolute atomic E-state index is 0.0957. The van der Waals surface area contributed by atoms with Crippen molar-refractivity contribution in [3.63, 3.8) is 0 Å². The Bertz CT molecular complexity index is 915. The summed E-state index contributed by atoms with van der Waals surface area (Å²) in [6.45, 7) is 0.172. The molecule has 1 amide bonds. The van der Waals surface area contributed by atoms with Crippen molar-refractivity contribution in [1.29, 1.82) is 0 Å². The van der Waals surface area contributed by atoms with E-state index < -0.39 is 0 Å². The first-order valence-corrected chi connectivity index (χ1v) is 8.40. The van der Waals surface area contributed by atoms with Gasteiger partial charge in [-0.1, -0.05) is 23.4 Å². The van der Waals surface area contributed by atoms with E-state index in [-0.39, 0.29) is 18.2 Å². The predicted molar refractivity (Wildman–Crippen MR) is 87.9 cm³/mol. The van der Waals surface area contributed by atoms with Crippen molar-refractivity contribution in [1.82, 2.24) is 15.5 Å². The second kappa shape index (κ2) is 6.01. The van der Waals surface area contributed by atoms with Gasteiger partial charge >= 0.3 is 0 Å². The highest BCUT2D eigenvalue weighted by Crippen LogP contribution is 2.25. The lowest BCUT2D eigenvalue weighted by atomic mass is 10.0. The number of amides is 1. The average molecular weight is 339 g/mol. The normalized spacial score (nSPS) is 13.1. The molecule has 2 heterocycles. The number of carbonyl (C=O) groups is 2. The van der Waals surface area contributed by atoms with Crippen LogP contribution in [0.15, 0.2) is 40.2 Å². The summed E-state index contributed by atoms with van der Waals surface area (Å²) in [5.41, 5.74) is 2.02. The first-order valence-electron chi connectivity index (χ1n) is 7.52. The molecule has 0 radical (unpaired) electrons. The molecular weight excluding hydrogens is 326 g/mol. The third-order valence-corrected chi connectivity index (χ3v) is 4.79. The van der Waals surface area contributed by atoms with Crippen LogP contribution in [0.4, 0.5) is 0 Å². The van der Waals surface area contributed by atoms with Crippen LogP contribution in [-0.2, 0) is 13.0 Å². The Hall–Kier alpha value is -2.80. The van der Waals surface area contributed by atoms with Crippen molar-refractivity contribution >= 4 is 23.0 Å². The molecule has 1 aliphatic carbocycles. The number of hydrogen-bond donors (Lipinski definition) is 1. The van der Waals surface area contributed by atoms with Gasteiger partial charge in [0.2, 0.25) is 0 Å². The second-order valence-electron chi connectivity index (χ2n) is 5.43. The fourth-order valence-corrected chi connectivity index (χ4v) is 3.43. The van der Waals surface area contributed by atoms with E-state index in [0.717, 1.165) is 10.4 Å². The zero-order valence-corrected chi connectivity index (χ0v) is 13.4. The largest absolute Gasteiger partial charge is 0.345 e. The van der Waals surface area contributed by atoms with Crippen LogP contribution in [0, 0.1) is 0 Å². The first-order chi connectivity index (χ1) is 11.7. The summed E-state index contributed by atoms with van der Waals surface area (Å²) >= 11 is 1.51. The first kappa shape index (κ1) is 14.8. The molecule has 1 N–H and O–H groups in total. The number of hydrogen-bond acceptors (Lipinski definition) is 6. The molecule has 0 spiro atoms. The summed E-state index contributed by atoms with van der Waals surface area (Å²) < 4.78 is 5.19. The fraction of sp³-hybridized carbons (Fsp3) is 0.176. The van der Waals surface area contributed by atoms with Crippen LogP contribution in [0.3, 0.4) is 0 Å². The summed E-state index contributed by atoms with van der Waals surface area (Å²) in [5.74, 6) is 0.721. The molecule has 3 aromatic rings. The molecule has 0 saturated heterocycles. The summed E-state index contributed by atoms with van der Waals surface area (Å²) in [4.78, 5) is 29.3. The van der Waals surface area contributed by atoms with E-state index in [0.29, 0.717) is 35.7 Å². The number of Topliss-reactive ketones (excluding diaryl/α,β-unsaturated/α-hetero) is 1. The van der Waals surface area contributed by atoms with Gasteiger partial charge in [-0.15, -0.1) is 11.3 Å². The number of nitrogens with one attached hydrogen (secondary N) is 1. The van der Waals surface area contributed by atoms with Crippen LogP contribution in [0.2, 0.25) is 0 Å². The Morgan fingerprint density at radius 2 is 2.17 bits per heavy atom. The van der Waals surface area contributed by atoms with Gasteiger partial charge < -0.3 is 9.84 Å². The van der Waals surface area contributed by atoms with Gasteiger partial charge in [0.25, 0.3) is 11.8 Å². The molecule has 7 heteroatoms. The summed E-state index contributed by atoms with van der Waals surface area (Å²) in [5, 5.41) is 8.59. The van der Waals surface area contributed by atoms with Gasteiger partial charge in [0.1, 0.15) is 0 Å². The number of aromatic nitrogens is 2. The molecule has 0 unspecified atom stereocenters. The number of carbonyl (C=O) groups excluding carboxylic acids is 2. The Labute approximate surface area is 141 Å². The van der Waals surface area contributed by atoms with Gasteiger partial charge in [-0.05, 0) is 29.5 Å².